The largest absolute Gasteiger partial charge is 0.316 e. The molecular formula is C10H19ClN2O2S2. The third-order valence-electron chi connectivity index (χ3n) is 2.13. The first-order chi connectivity index (χ1) is 7.47. The van der Waals surface area contributed by atoms with E-state index >= 15 is 0 Å². The molecule has 1 aromatic rings. The predicted molar refractivity (Wildman–Crippen MR) is 74.8 cm³/mol. The van der Waals surface area contributed by atoms with Gasteiger partial charge in [0.15, 0.2) is 0 Å². The highest BCUT2D eigenvalue weighted by Crippen LogP contribution is 2.24. The molecule has 7 heteroatoms. The van der Waals surface area contributed by atoms with E-state index < -0.39 is 10.0 Å². The van der Waals surface area contributed by atoms with Crippen LogP contribution in [-0.2, 0) is 10.0 Å². The molecule has 1 rings (SSSR count). The molecular weight excluding hydrogens is 280 g/mol. The van der Waals surface area contributed by atoms with Gasteiger partial charge in [0.2, 0.25) is 10.0 Å². The molecule has 0 aliphatic heterocycles. The van der Waals surface area contributed by atoms with Crippen molar-refractivity contribution in [1.82, 2.24) is 10.0 Å². The predicted octanol–water partition coefficient (Wildman–Crippen LogP) is 1.67. The van der Waals surface area contributed by atoms with Gasteiger partial charge in [-0.2, -0.15) is 0 Å². The van der Waals surface area contributed by atoms with Gasteiger partial charge in [-0.3, -0.25) is 0 Å². The summed E-state index contributed by atoms with van der Waals surface area (Å²) in [4.78, 5) is 2.27. The van der Waals surface area contributed by atoms with Crippen LogP contribution in [0.4, 0.5) is 0 Å². The highest BCUT2D eigenvalue weighted by Gasteiger charge is 2.17. The summed E-state index contributed by atoms with van der Waals surface area (Å²) in [7, 11) is -3.33. The van der Waals surface area contributed by atoms with Crippen LogP contribution in [0, 0.1) is 13.8 Å². The summed E-state index contributed by atoms with van der Waals surface area (Å²) in [6.45, 7) is 7.65. The second-order valence-corrected chi connectivity index (χ2v) is 6.72. The summed E-state index contributed by atoms with van der Waals surface area (Å²) in [5.41, 5.74) is 0. The molecule has 0 spiro atoms. The zero-order valence-electron chi connectivity index (χ0n) is 10.2. The van der Waals surface area contributed by atoms with Crippen LogP contribution in [0.3, 0.4) is 0 Å². The number of nitrogens with one attached hydrogen (secondary N) is 2. The summed E-state index contributed by atoms with van der Waals surface area (Å²) >= 11 is 1.51. The Morgan fingerprint density at radius 1 is 1.29 bits per heavy atom. The fourth-order valence-electron chi connectivity index (χ4n) is 1.40. The molecule has 0 aliphatic rings. The fourth-order valence-corrected chi connectivity index (χ4v) is 3.99. The SMILES string of the molecule is CCNCCNS(=O)(=O)c1cc(C)sc1C.Cl. The van der Waals surface area contributed by atoms with E-state index in [2.05, 4.69) is 10.0 Å². The molecule has 0 amide bonds. The maximum atomic E-state index is 11.9. The Morgan fingerprint density at radius 3 is 2.41 bits per heavy atom. The zero-order chi connectivity index (χ0) is 12.2. The first kappa shape index (κ1) is 16.9. The second-order valence-electron chi connectivity index (χ2n) is 3.53. The topological polar surface area (TPSA) is 58.2 Å². The molecule has 0 unspecified atom stereocenters. The minimum absolute atomic E-state index is 0. The number of hydrogen-bond donors (Lipinski definition) is 2. The number of hydrogen-bond acceptors (Lipinski definition) is 4. The Hall–Kier alpha value is -0.140. The molecule has 0 saturated heterocycles. The molecule has 0 aliphatic carbocycles. The third kappa shape index (κ3) is 4.93. The molecule has 1 heterocycles. The third-order valence-corrected chi connectivity index (χ3v) is 4.81. The maximum Gasteiger partial charge on any atom is 0.241 e. The Labute approximate surface area is 113 Å². The molecule has 0 radical (unpaired) electrons. The molecule has 0 bridgehead atoms. The van der Waals surface area contributed by atoms with Crippen LogP contribution in [-0.4, -0.2) is 28.1 Å². The van der Waals surface area contributed by atoms with Crippen molar-refractivity contribution in [3.8, 4) is 0 Å². The lowest BCUT2D eigenvalue weighted by Gasteiger charge is -2.06. The number of halogens is 1. The summed E-state index contributed by atoms with van der Waals surface area (Å²) in [6, 6.07) is 1.72. The molecule has 100 valence electrons. The van der Waals surface area contributed by atoms with E-state index in [0.717, 1.165) is 16.3 Å². The number of aryl methyl sites for hydroxylation is 2. The van der Waals surface area contributed by atoms with Gasteiger partial charge < -0.3 is 5.32 Å². The van der Waals surface area contributed by atoms with E-state index in [-0.39, 0.29) is 12.4 Å². The van der Waals surface area contributed by atoms with Gasteiger partial charge in [0, 0.05) is 22.8 Å². The highest BCUT2D eigenvalue weighted by molar-refractivity contribution is 7.89. The van der Waals surface area contributed by atoms with Crippen LogP contribution in [0.1, 0.15) is 16.7 Å². The minimum Gasteiger partial charge on any atom is -0.316 e. The summed E-state index contributed by atoms with van der Waals surface area (Å²) in [5.74, 6) is 0. The Kier molecular flexibility index (Phi) is 7.27. The van der Waals surface area contributed by atoms with Gasteiger partial charge in [-0.15, -0.1) is 23.7 Å². The molecule has 0 saturated carbocycles. The van der Waals surface area contributed by atoms with Gasteiger partial charge in [0.1, 0.15) is 0 Å². The molecule has 0 atom stereocenters. The average molecular weight is 299 g/mol. The van der Waals surface area contributed by atoms with Crippen molar-refractivity contribution in [1.29, 1.82) is 0 Å². The molecule has 2 N–H and O–H groups in total. The molecule has 0 aromatic carbocycles. The number of thiophene rings is 1. The Bertz CT molecular complexity index is 443. The molecule has 4 nitrogen and oxygen atoms in total. The van der Waals surface area contributed by atoms with Crippen molar-refractivity contribution in [3.05, 3.63) is 15.8 Å². The summed E-state index contributed by atoms with van der Waals surface area (Å²) in [5, 5.41) is 3.07. The van der Waals surface area contributed by atoms with E-state index in [0.29, 0.717) is 18.0 Å². The van der Waals surface area contributed by atoms with Gasteiger partial charge in [-0.1, -0.05) is 6.92 Å². The quantitative estimate of drug-likeness (QED) is 0.786. The van der Waals surface area contributed by atoms with Crippen molar-refractivity contribution in [3.63, 3.8) is 0 Å². The van der Waals surface area contributed by atoms with E-state index in [1.807, 2.05) is 20.8 Å². The fraction of sp³-hybridized carbons (Fsp3) is 0.600. The van der Waals surface area contributed by atoms with Gasteiger partial charge in [-0.05, 0) is 26.5 Å². The number of rotatable bonds is 6. The van der Waals surface area contributed by atoms with E-state index in [1.165, 1.54) is 11.3 Å². The zero-order valence-corrected chi connectivity index (χ0v) is 12.7. The average Bonchev–Trinajstić information content (AvgIpc) is 2.53. The highest BCUT2D eigenvalue weighted by atomic mass is 35.5. The van der Waals surface area contributed by atoms with Gasteiger partial charge in [0.25, 0.3) is 0 Å². The van der Waals surface area contributed by atoms with Gasteiger partial charge >= 0.3 is 0 Å². The summed E-state index contributed by atoms with van der Waals surface area (Å²) in [6.07, 6.45) is 0. The van der Waals surface area contributed by atoms with Crippen molar-refractivity contribution in [2.75, 3.05) is 19.6 Å². The van der Waals surface area contributed by atoms with Crippen LogP contribution in [0.25, 0.3) is 0 Å². The van der Waals surface area contributed by atoms with Crippen molar-refractivity contribution < 1.29 is 8.42 Å². The first-order valence-corrected chi connectivity index (χ1v) is 7.54. The van der Waals surface area contributed by atoms with Crippen LogP contribution in [0.5, 0.6) is 0 Å². The van der Waals surface area contributed by atoms with Crippen molar-refractivity contribution >= 4 is 33.8 Å². The Morgan fingerprint density at radius 2 is 1.94 bits per heavy atom. The van der Waals surface area contributed by atoms with Crippen molar-refractivity contribution in [2.45, 2.75) is 25.7 Å². The summed E-state index contributed by atoms with van der Waals surface area (Å²) < 4.78 is 26.4. The monoisotopic (exact) mass is 298 g/mol. The lowest BCUT2D eigenvalue weighted by atomic mass is 10.4. The van der Waals surface area contributed by atoms with Crippen LogP contribution in [0.15, 0.2) is 11.0 Å². The van der Waals surface area contributed by atoms with E-state index in [4.69, 9.17) is 0 Å². The molecule has 0 fully saturated rings. The lowest BCUT2D eigenvalue weighted by Crippen LogP contribution is -2.31. The molecule has 1 aromatic heterocycles. The first-order valence-electron chi connectivity index (χ1n) is 5.24. The van der Waals surface area contributed by atoms with Crippen LogP contribution >= 0.6 is 23.7 Å². The van der Waals surface area contributed by atoms with Gasteiger partial charge in [-0.25, -0.2) is 13.1 Å². The smallest absolute Gasteiger partial charge is 0.241 e. The Balaban J connectivity index is 0.00000256. The van der Waals surface area contributed by atoms with Crippen LogP contribution < -0.4 is 10.0 Å². The maximum absolute atomic E-state index is 11.9. The number of sulfonamides is 1. The normalized spacial score (nSPS) is 11.2. The lowest BCUT2D eigenvalue weighted by molar-refractivity contribution is 0.577. The number of likely N-dealkylation sites (N-methyl/N-ethyl adjacent to an activating group) is 1. The standard InChI is InChI=1S/C10H18N2O2S2.ClH/c1-4-11-5-6-12-16(13,14)10-7-8(2)15-9(10)3;/h7,11-12H,4-6H2,1-3H3;1H. The second kappa shape index (κ2) is 7.33. The van der Waals surface area contributed by atoms with E-state index in [1.54, 1.807) is 6.07 Å². The molecule has 17 heavy (non-hydrogen) atoms. The van der Waals surface area contributed by atoms with Gasteiger partial charge in [0.05, 0.1) is 4.90 Å². The minimum atomic E-state index is -3.33. The van der Waals surface area contributed by atoms with Crippen molar-refractivity contribution in [2.24, 2.45) is 0 Å². The van der Waals surface area contributed by atoms with E-state index in [9.17, 15) is 8.42 Å². The van der Waals surface area contributed by atoms with Crippen LogP contribution in [0.2, 0.25) is 0 Å².